The molecule has 0 amide bonds. The molecule has 1 unspecified atom stereocenters. The second-order valence-corrected chi connectivity index (χ2v) is 4.91. The molecule has 0 bridgehead atoms. The minimum absolute atomic E-state index is 0.420. The third-order valence-corrected chi connectivity index (χ3v) is 3.47. The molecule has 2 nitrogen and oxygen atoms in total. The zero-order valence-corrected chi connectivity index (χ0v) is 10.6. The number of anilines is 1. The van der Waals surface area contributed by atoms with E-state index in [0.29, 0.717) is 6.04 Å². The molecule has 1 saturated carbocycles. The normalized spacial score (nSPS) is 17.2. The average molecular weight is 240 g/mol. The fraction of sp³-hybridized carbons (Fsp3) is 0.538. The molecule has 2 rings (SSSR count). The molecule has 1 fully saturated rings. The summed E-state index contributed by atoms with van der Waals surface area (Å²) in [6, 6.07) is 6.53. The van der Waals surface area contributed by atoms with E-state index in [2.05, 4.69) is 11.4 Å². The smallest absolute Gasteiger partial charge is 0.0666 e. The molecule has 0 saturated heterocycles. The molecule has 0 aromatic heterocycles. The minimum atomic E-state index is 0.420. The van der Waals surface area contributed by atoms with Gasteiger partial charge in [0.15, 0.2) is 0 Å². The average Bonchev–Trinajstić information content (AvgIpc) is 3.06. The Labute approximate surface area is 102 Å². The Morgan fingerprint density at radius 3 is 2.81 bits per heavy atom. The van der Waals surface area contributed by atoms with Gasteiger partial charge in [-0.3, -0.25) is 0 Å². The van der Waals surface area contributed by atoms with Gasteiger partial charge in [0.2, 0.25) is 0 Å². The summed E-state index contributed by atoms with van der Waals surface area (Å²) in [7, 11) is 1.75. The predicted octanol–water partition coefficient (Wildman–Crippen LogP) is 3.49. The van der Waals surface area contributed by atoms with Crippen LogP contribution >= 0.6 is 11.6 Å². The van der Waals surface area contributed by atoms with Crippen LogP contribution in [0.5, 0.6) is 0 Å². The van der Waals surface area contributed by atoms with Gasteiger partial charge >= 0.3 is 0 Å². The molecule has 3 heteroatoms. The monoisotopic (exact) mass is 239 g/mol. The van der Waals surface area contributed by atoms with Crippen molar-refractivity contribution in [1.82, 2.24) is 0 Å². The van der Waals surface area contributed by atoms with Crippen LogP contribution in [-0.2, 0) is 4.74 Å². The van der Waals surface area contributed by atoms with Crippen molar-refractivity contribution in [3.05, 3.63) is 28.8 Å². The summed E-state index contributed by atoms with van der Waals surface area (Å²) in [6.45, 7) is 2.77. The first-order valence-corrected chi connectivity index (χ1v) is 6.10. The van der Waals surface area contributed by atoms with E-state index in [1.54, 1.807) is 7.11 Å². The minimum Gasteiger partial charge on any atom is -0.383 e. The Kier molecular flexibility index (Phi) is 3.72. The maximum atomic E-state index is 6.10. The van der Waals surface area contributed by atoms with Crippen LogP contribution < -0.4 is 5.32 Å². The first-order chi connectivity index (χ1) is 7.70. The van der Waals surface area contributed by atoms with Gasteiger partial charge in [-0.2, -0.15) is 0 Å². The Morgan fingerprint density at radius 1 is 1.50 bits per heavy atom. The van der Waals surface area contributed by atoms with Crippen molar-refractivity contribution in [3.8, 4) is 0 Å². The van der Waals surface area contributed by atoms with E-state index in [4.69, 9.17) is 16.3 Å². The van der Waals surface area contributed by atoms with Gasteiger partial charge in [-0.25, -0.2) is 0 Å². The molecule has 1 aliphatic carbocycles. The Hall–Kier alpha value is -0.730. The molecule has 1 aromatic carbocycles. The Bertz CT molecular complexity index is 363. The lowest BCUT2D eigenvalue weighted by atomic mass is 10.1. The van der Waals surface area contributed by atoms with Crippen LogP contribution in [0.15, 0.2) is 18.2 Å². The van der Waals surface area contributed by atoms with E-state index < -0.39 is 0 Å². The van der Waals surface area contributed by atoms with Gasteiger partial charge in [0, 0.05) is 17.8 Å². The second kappa shape index (κ2) is 5.07. The molecule has 1 atom stereocenters. The third kappa shape index (κ3) is 2.89. The highest BCUT2D eigenvalue weighted by Crippen LogP contribution is 2.34. The van der Waals surface area contributed by atoms with E-state index in [0.717, 1.165) is 28.8 Å². The molecule has 0 heterocycles. The van der Waals surface area contributed by atoms with Crippen molar-refractivity contribution in [2.45, 2.75) is 25.8 Å². The van der Waals surface area contributed by atoms with Crippen molar-refractivity contribution < 1.29 is 4.74 Å². The highest BCUT2D eigenvalue weighted by molar-refractivity contribution is 6.31. The van der Waals surface area contributed by atoms with Crippen LogP contribution in [0, 0.1) is 12.8 Å². The standard InChI is InChI=1S/C13H18ClNO/c1-9-3-6-11(7-12(9)14)15-13(8-16-2)10-4-5-10/h3,6-7,10,13,15H,4-5,8H2,1-2H3. The Morgan fingerprint density at radius 2 is 2.25 bits per heavy atom. The van der Waals surface area contributed by atoms with Crippen molar-refractivity contribution in [2.75, 3.05) is 19.0 Å². The molecular formula is C13H18ClNO. The summed E-state index contributed by atoms with van der Waals surface area (Å²) in [4.78, 5) is 0. The van der Waals surface area contributed by atoms with Gasteiger partial charge < -0.3 is 10.1 Å². The molecule has 1 aromatic rings. The molecular weight excluding hydrogens is 222 g/mol. The summed E-state index contributed by atoms with van der Waals surface area (Å²) < 4.78 is 5.24. The van der Waals surface area contributed by atoms with E-state index in [1.807, 2.05) is 19.1 Å². The number of benzene rings is 1. The number of hydrogen-bond donors (Lipinski definition) is 1. The van der Waals surface area contributed by atoms with Gasteiger partial charge in [-0.1, -0.05) is 17.7 Å². The fourth-order valence-corrected chi connectivity index (χ4v) is 2.05. The van der Waals surface area contributed by atoms with Crippen LogP contribution in [0.2, 0.25) is 5.02 Å². The summed E-state index contributed by atoms with van der Waals surface area (Å²) in [5.74, 6) is 0.764. The van der Waals surface area contributed by atoms with Crippen LogP contribution in [-0.4, -0.2) is 19.8 Å². The molecule has 16 heavy (non-hydrogen) atoms. The van der Waals surface area contributed by atoms with E-state index in [9.17, 15) is 0 Å². The summed E-state index contributed by atoms with van der Waals surface area (Å²) >= 11 is 6.10. The SMILES string of the molecule is COCC(Nc1ccc(C)c(Cl)c1)C1CC1. The Balaban J connectivity index is 2.03. The van der Waals surface area contributed by atoms with Gasteiger partial charge in [0.05, 0.1) is 12.6 Å². The van der Waals surface area contributed by atoms with Crippen molar-refractivity contribution in [2.24, 2.45) is 5.92 Å². The van der Waals surface area contributed by atoms with Crippen molar-refractivity contribution in [1.29, 1.82) is 0 Å². The van der Waals surface area contributed by atoms with E-state index >= 15 is 0 Å². The summed E-state index contributed by atoms with van der Waals surface area (Å²) in [5, 5.41) is 4.32. The molecule has 0 aliphatic heterocycles. The van der Waals surface area contributed by atoms with Gasteiger partial charge in [-0.05, 0) is 43.4 Å². The second-order valence-electron chi connectivity index (χ2n) is 4.51. The van der Waals surface area contributed by atoms with Crippen LogP contribution in [0.1, 0.15) is 18.4 Å². The number of nitrogens with one attached hydrogen (secondary N) is 1. The lowest BCUT2D eigenvalue weighted by molar-refractivity contribution is 0.179. The number of ether oxygens (including phenoxy) is 1. The molecule has 88 valence electrons. The number of aryl methyl sites for hydroxylation is 1. The lowest BCUT2D eigenvalue weighted by Crippen LogP contribution is -2.27. The van der Waals surface area contributed by atoms with Crippen LogP contribution in [0.4, 0.5) is 5.69 Å². The molecule has 0 radical (unpaired) electrons. The molecule has 1 aliphatic rings. The summed E-state index contributed by atoms with van der Waals surface area (Å²) in [6.07, 6.45) is 2.61. The number of methoxy groups -OCH3 is 1. The lowest BCUT2D eigenvalue weighted by Gasteiger charge is -2.19. The zero-order valence-electron chi connectivity index (χ0n) is 9.79. The first kappa shape index (κ1) is 11.7. The molecule has 0 spiro atoms. The maximum Gasteiger partial charge on any atom is 0.0666 e. The number of halogens is 1. The maximum absolute atomic E-state index is 6.10. The number of rotatable bonds is 5. The largest absolute Gasteiger partial charge is 0.383 e. The predicted molar refractivity (Wildman–Crippen MR) is 68.2 cm³/mol. The van der Waals surface area contributed by atoms with Crippen LogP contribution in [0.25, 0.3) is 0 Å². The number of hydrogen-bond acceptors (Lipinski definition) is 2. The zero-order chi connectivity index (χ0) is 11.5. The molecule has 1 N–H and O–H groups in total. The van der Waals surface area contributed by atoms with Gasteiger partial charge in [-0.15, -0.1) is 0 Å². The quantitative estimate of drug-likeness (QED) is 0.850. The van der Waals surface area contributed by atoms with Gasteiger partial charge in [0.1, 0.15) is 0 Å². The van der Waals surface area contributed by atoms with Crippen molar-refractivity contribution in [3.63, 3.8) is 0 Å². The topological polar surface area (TPSA) is 21.3 Å². The van der Waals surface area contributed by atoms with E-state index in [-0.39, 0.29) is 0 Å². The summed E-state index contributed by atoms with van der Waals surface area (Å²) in [5.41, 5.74) is 2.20. The first-order valence-electron chi connectivity index (χ1n) is 5.72. The fourth-order valence-electron chi connectivity index (χ4n) is 1.87. The van der Waals surface area contributed by atoms with Crippen LogP contribution in [0.3, 0.4) is 0 Å². The highest BCUT2D eigenvalue weighted by atomic mass is 35.5. The highest BCUT2D eigenvalue weighted by Gasteiger charge is 2.31. The van der Waals surface area contributed by atoms with E-state index in [1.165, 1.54) is 12.8 Å². The van der Waals surface area contributed by atoms with Gasteiger partial charge in [0.25, 0.3) is 0 Å². The van der Waals surface area contributed by atoms with Crippen molar-refractivity contribution >= 4 is 17.3 Å². The third-order valence-electron chi connectivity index (χ3n) is 3.06.